The van der Waals surface area contributed by atoms with Crippen LogP contribution >= 0.6 is 11.3 Å². The van der Waals surface area contributed by atoms with Gasteiger partial charge in [-0.3, -0.25) is 4.79 Å². The Morgan fingerprint density at radius 1 is 1.47 bits per heavy atom. The second-order valence-electron chi connectivity index (χ2n) is 5.16. The van der Waals surface area contributed by atoms with Gasteiger partial charge in [0, 0.05) is 6.04 Å². The summed E-state index contributed by atoms with van der Waals surface area (Å²) in [6.07, 6.45) is 2.28. The van der Waals surface area contributed by atoms with Crippen LogP contribution in [-0.2, 0) is 0 Å². The van der Waals surface area contributed by atoms with Crippen molar-refractivity contribution in [2.24, 2.45) is 17.6 Å². The Labute approximate surface area is 118 Å². The number of hydrogen-bond donors (Lipinski definition) is 2. The smallest absolute Gasteiger partial charge is 0.261 e. The van der Waals surface area contributed by atoms with Crippen LogP contribution in [0.25, 0.3) is 0 Å². The van der Waals surface area contributed by atoms with Gasteiger partial charge in [-0.15, -0.1) is 11.3 Å². The molecule has 1 aromatic heterocycles. The van der Waals surface area contributed by atoms with E-state index >= 15 is 0 Å². The highest BCUT2D eigenvalue weighted by Gasteiger charge is 2.31. The van der Waals surface area contributed by atoms with Gasteiger partial charge in [0.25, 0.3) is 5.91 Å². The summed E-state index contributed by atoms with van der Waals surface area (Å²) in [5.74, 6) is 7.03. The molecule has 1 saturated carbocycles. The highest BCUT2D eigenvalue weighted by molar-refractivity contribution is 7.14. The van der Waals surface area contributed by atoms with Crippen molar-refractivity contribution in [2.45, 2.75) is 32.7 Å². The van der Waals surface area contributed by atoms with Crippen molar-refractivity contribution in [2.75, 3.05) is 6.54 Å². The van der Waals surface area contributed by atoms with Crippen LogP contribution in [-0.4, -0.2) is 18.5 Å². The van der Waals surface area contributed by atoms with Gasteiger partial charge < -0.3 is 11.1 Å². The van der Waals surface area contributed by atoms with E-state index in [2.05, 4.69) is 31.0 Å². The van der Waals surface area contributed by atoms with Gasteiger partial charge in [-0.2, -0.15) is 0 Å². The summed E-state index contributed by atoms with van der Waals surface area (Å²) in [4.78, 5) is 13.8. The SMILES string of the molecule is CC1CCC(NC(=O)c2ccc(C#CCN)s2)C1C. The molecule has 3 N–H and O–H groups in total. The number of rotatable bonds is 2. The Kier molecular flexibility index (Phi) is 4.62. The number of carbonyl (C=O) groups excluding carboxylic acids is 1. The summed E-state index contributed by atoms with van der Waals surface area (Å²) in [6.45, 7) is 4.81. The summed E-state index contributed by atoms with van der Waals surface area (Å²) < 4.78 is 0. The van der Waals surface area contributed by atoms with Gasteiger partial charge in [-0.1, -0.05) is 25.7 Å². The van der Waals surface area contributed by atoms with Crippen molar-refractivity contribution in [3.8, 4) is 11.8 Å². The van der Waals surface area contributed by atoms with Crippen LogP contribution in [0, 0.1) is 23.7 Å². The van der Waals surface area contributed by atoms with E-state index < -0.39 is 0 Å². The largest absolute Gasteiger partial charge is 0.348 e. The molecule has 3 atom stereocenters. The van der Waals surface area contributed by atoms with Gasteiger partial charge in [-0.05, 0) is 36.8 Å². The lowest BCUT2D eigenvalue weighted by Gasteiger charge is -2.19. The first-order chi connectivity index (χ1) is 9.11. The minimum absolute atomic E-state index is 0.0248. The monoisotopic (exact) mass is 276 g/mol. The van der Waals surface area contributed by atoms with E-state index in [4.69, 9.17) is 5.73 Å². The van der Waals surface area contributed by atoms with Gasteiger partial charge in [-0.25, -0.2) is 0 Å². The minimum atomic E-state index is 0.0248. The summed E-state index contributed by atoms with van der Waals surface area (Å²) in [5.41, 5.74) is 5.33. The molecule has 102 valence electrons. The van der Waals surface area contributed by atoms with Crippen molar-refractivity contribution in [1.29, 1.82) is 0 Å². The fraction of sp³-hybridized carbons (Fsp3) is 0.533. The zero-order chi connectivity index (χ0) is 13.8. The van der Waals surface area contributed by atoms with Gasteiger partial charge in [0.15, 0.2) is 0 Å². The summed E-state index contributed by atoms with van der Waals surface area (Å²) >= 11 is 1.43. The molecule has 4 heteroatoms. The average molecular weight is 276 g/mol. The third-order valence-electron chi connectivity index (χ3n) is 3.93. The molecule has 2 rings (SSSR count). The Bertz CT molecular complexity index is 512. The average Bonchev–Trinajstić information content (AvgIpc) is 2.98. The van der Waals surface area contributed by atoms with Crippen LogP contribution in [0.1, 0.15) is 41.2 Å². The van der Waals surface area contributed by atoms with Gasteiger partial charge in [0.05, 0.1) is 16.3 Å². The molecule has 0 bridgehead atoms. The predicted octanol–water partition coefficient (Wildman–Crippen LogP) is 2.22. The number of hydrogen-bond acceptors (Lipinski definition) is 3. The van der Waals surface area contributed by atoms with Crippen LogP contribution in [0.4, 0.5) is 0 Å². The summed E-state index contributed by atoms with van der Waals surface area (Å²) in [6, 6.07) is 4.02. The molecule has 1 amide bonds. The zero-order valence-electron chi connectivity index (χ0n) is 11.4. The van der Waals surface area contributed by atoms with E-state index in [-0.39, 0.29) is 5.91 Å². The molecule has 0 radical (unpaired) electrons. The summed E-state index contributed by atoms with van der Waals surface area (Å²) in [7, 11) is 0. The fourth-order valence-corrected chi connectivity index (χ4v) is 3.26. The minimum Gasteiger partial charge on any atom is -0.348 e. The number of nitrogens with two attached hydrogens (primary N) is 1. The molecule has 1 aliphatic rings. The standard InChI is InChI=1S/C15H20N2OS/c1-10-5-7-13(11(10)2)17-15(18)14-8-6-12(19-14)4-3-9-16/h6,8,10-11,13H,5,7,9,16H2,1-2H3,(H,17,18). The van der Waals surface area contributed by atoms with Crippen molar-refractivity contribution >= 4 is 17.2 Å². The first kappa shape index (κ1) is 14.1. The van der Waals surface area contributed by atoms with E-state index in [9.17, 15) is 4.79 Å². The predicted molar refractivity (Wildman–Crippen MR) is 79.1 cm³/mol. The molecule has 0 spiro atoms. The Morgan fingerprint density at radius 2 is 2.26 bits per heavy atom. The van der Waals surface area contributed by atoms with Gasteiger partial charge in [0.1, 0.15) is 0 Å². The first-order valence-corrected chi connectivity index (χ1v) is 7.53. The number of thiophene rings is 1. The first-order valence-electron chi connectivity index (χ1n) is 6.71. The van der Waals surface area contributed by atoms with Crippen LogP contribution in [0.2, 0.25) is 0 Å². The summed E-state index contributed by atoms with van der Waals surface area (Å²) in [5, 5.41) is 3.14. The van der Waals surface area contributed by atoms with Gasteiger partial charge >= 0.3 is 0 Å². The normalized spacial score (nSPS) is 25.7. The molecule has 19 heavy (non-hydrogen) atoms. The van der Waals surface area contributed by atoms with Gasteiger partial charge in [0.2, 0.25) is 0 Å². The number of amides is 1. The molecular formula is C15H20N2OS. The van der Waals surface area contributed by atoms with E-state index in [1.807, 2.05) is 12.1 Å². The molecule has 0 saturated heterocycles. The maximum absolute atomic E-state index is 12.2. The maximum atomic E-state index is 12.2. The van der Waals surface area contributed by atoms with E-state index in [1.54, 1.807) is 0 Å². The lowest BCUT2D eigenvalue weighted by molar-refractivity contribution is 0.0931. The third-order valence-corrected chi connectivity index (χ3v) is 4.92. The maximum Gasteiger partial charge on any atom is 0.261 e. The quantitative estimate of drug-likeness (QED) is 0.814. The number of nitrogens with one attached hydrogen (secondary N) is 1. The topological polar surface area (TPSA) is 55.1 Å². The highest BCUT2D eigenvalue weighted by atomic mass is 32.1. The van der Waals surface area contributed by atoms with Crippen molar-refractivity contribution < 1.29 is 4.79 Å². The highest BCUT2D eigenvalue weighted by Crippen LogP contribution is 2.31. The van der Waals surface area contributed by atoms with Crippen LogP contribution in [0.15, 0.2) is 12.1 Å². The molecule has 0 aliphatic heterocycles. The Hall–Kier alpha value is -1.31. The zero-order valence-corrected chi connectivity index (χ0v) is 12.2. The van der Waals surface area contributed by atoms with Crippen molar-refractivity contribution in [3.63, 3.8) is 0 Å². The molecule has 1 heterocycles. The van der Waals surface area contributed by atoms with Crippen LogP contribution in [0.3, 0.4) is 0 Å². The second kappa shape index (κ2) is 6.23. The van der Waals surface area contributed by atoms with Crippen LogP contribution in [0.5, 0.6) is 0 Å². The molecule has 1 fully saturated rings. The van der Waals surface area contributed by atoms with Crippen LogP contribution < -0.4 is 11.1 Å². The molecule has 0 aromatic carbocycles. The van der Waals surface area contributed by atoms with E-state index in [0.717, 1.165) is 16.2 Å². The third kappa shape index (κ3) is 3.37. The molecule has 1 aliphatic carbocycles. The fourth-order valence-electron chi connectivity index (χ4n) is 2.47. The van der Waals surface area contributed by atoms with Crippen molar-refractivity contribution in [1.82, 2.24) is 5.32 Å². The lowest BCUT2D eigenvalue weighted by Crippen LogP contribution is -2.36. The molecule has 1 aromatic rings. The second-order valence-corrected chi connectivity index (χ2v) is 6.25. The lowest BCUT2D eigenvalue weighted by atomic mass is 9.98. The Balaban J connectivity index is 1.98. The molecule has 3 nitrogen and oxygen atoms in total. The van der Waals surface area contributed by atoms with Crippen molar-refractivity contribution in [3.05, 3.63) is 21.9 Å². The molecule has 3 unspecified atom stereocenters. The molecular weight excluding hydrogens is 256 g/mol. The number of carbonyl (C=O) groups is 1. The Morgan fingerprint density at radius 3 is 2.89 bits per heavy atom. The van der Waals surface area contributed by atoms with E-state index in [0.29, 0.717) is 24.4 Å². The van der Waals surface area contributed by atoms with E-state index in [1.165, 1.54) is 17.8 Å².